The molecule has 0 atom stereocenters. The van der Waals surface area contributed by atoms with E-state index in [1.165, 1.54) is 5.69 Å². The summed E-state index contributed by atoms with van der Waals surface area (Å²) in [6, 6.07) is 8.14. The number of amides is 1. The average Bonchev–Trinajstić information content (AvgIpc) is 2.88. The Morgan fingerprint density at radius 1 is 1.23 bits per heavy atom. The van der Waals surface area contributed by atoms with Crippen molar-refractivity contribution in [2.75, 3.05) is 13.1 Å². The Balaban J connectivity index is 1.71. The first-order valence-corrected chi connectivity index (χ1v) is 8.30. The third kappa shape index (κ3) is 3.00. The Kier molecular flexibility index (Phi) is 3.94. The molecule has 1 fully saturated rings. The molecule has 0 saturated carbocycles. The number of hydrogen-bond donors (Lipinski definition) is 1. The normalized spacial score (nSPS) is 17.2. The van der Waals surface area contributed by atoms with Gasteiger partial charge in [-0.15, -0.1) is 0 Å². The topological polar surface area (TPSA) is 36.1 Å². The summed E-state index contributed by atoms with van der Waals surface area (Å²) >= 11 is 6.05. The monoisotopic (exact) mass is 318 g/mol. The highest BCUT2D eigenvalue weighted by molar-refractivity contribution is 6.31. The summed E-state index contributed by atoms with van der Waals surface area (Å²) in [4.78, 5) is 17.9. The van der Waals surface area contributed by atoms with Crippen LogP contribution in [0.4, 0.5) is 0 Å². The second-order valence-electron chi connectivity index (χ2n) is 7.27. The summed E-state index contributed by atoms with van der Waals surface area (Å²) < 4.78 is 0. The highest BCUT2D eigenvalue weighted by Gasteiger charge is 2.31. The number of nitrogens with zero attached hydrogens (tertiary/aromatic N) is 1. The Morgan fingerprint density at radius 3 is 2.55 bits per heavy atom. The maximum absolute atomic E-state index is 12.3. The maximum Gasteiger partial charge on any atom is 0.227 e. The van der Waals surface area contributed by atoms with Gasteiger partial charge in [-0.1, -0.05) is 32.4 Å². The number of benzene rings is 1. The minimum absolute atomic E-state index is 0.259. The van der Waals surface area contributed by atoms with E-state index in [0.29, 0.717) is 5.92 Å². The number of H-pyrrole nitrogens is 1. The second-order valence-corrected chi connectivity index (χ2v) is 7.71. The molecule has 1 aromatic carbocycles. The summed E-state index contributed by atoms with van der Waals surface area (Å²) in [6.45, 7) is 7.66. The number of carbonyl (C=O) groups excluding carboxylic acids is 1. The average molecular weight is 319 g/mol. The van der Waals surface area contributed by atoms with Crippen LogP contribution in [0.25, 0.3) is 10.9 Å². The van der Waals surface area contributed by atoms with Crippen molar-refractivity contribution in [3.8, 4) is 0 Å². The van der Waals surface area contributed by atoms with Gasteiger partial charge in [0.05, 0.1) is 0 Å². The van der Waals surface area contributed by atoms with Crippen LogP contribution in [0.2, 0.25) is 5.02 Å². The lowest BCUT2D eigenvalue weighted by atomic mass is 9.90. The van der Waals surface area contributed by atoms with Gasteiger partial charge in [-0.2, -0.15) is 0 Å². The molecule has 0 radical (unpaired) electrons. The largest absolute Gasteiger partial charge is 0.358 e. The number of rotatable bonds is 1. The minimum Gasteiger partial charge on any atom is -0.358 e. The minimum atomic E-state index is -0.287. The van der Waals surface area contributed by atoms with Crippen LogP contribution in [0.3, 0.4) is 0 Å². The van der Waals surface area contributed by atoms with Crippen molar-refractivity contribution in [3.63, 3.8) is 0 Å². The number of nitrogens with one attached hydrogen (secondary N) is 1. The SMILES string of the molecule is CC(C)(C)C(=O)N1CCC(c2cc3cc(Cl)ccc3[nH]2)CC1. The molecule has 1 saturated heterocycles. The molecule has 0 unspecified atom stereocenters. The van der Waals surface area contributed by atoms with E-state index in [0.717, 1.165) is 41.9 Å². The van der Waals surface area contributed by atoms with Crippen molar-refractivity contribution in [2.45, 2.75) is 39.5 Å². The van der Waals surface area contributed by atoms with E-state index in [2.05, 4.69) is 11.1 Å². The van der Waals surface area contributed by atoms with E-state index >= 15 is 0 Å². The number of likely N-dealkylation sites (tertiary alicyclic amines) is 1. The Labute approximate surface area is 136 Å². The highest BCUT2D eigenvalue weighted by Crippen LogP contribution is 2.32. The summed E-state index contributed by atoms with van der Waals surface area (Å²) in [5.41, 5.74) is 2.11. The van der Waals surface area contributed by atoms with Crippen molar-refractivity contribution in [3.05, 3.63) is 35.0 Å². The second kappa shape index (κ2) is 5.62. The molecule has 118 valence electrons. The van der Waals surface area contributed by atoms with Crippen LogP contribution < -0.4 is 0 Å². The standard InChI is InChI=1S/C18H23ClN2O/c1-18(2,3)17(22)21-8-6-12(7-9-21)16-11-13-10-14(19)4-5-15(13)20-16/h4-5,10-12,20H,6-9H2,1-3H3. The molecule has 0 bridgehead atoms. The lowest BCUT2D eigenvalue weighted by Crippen LogP contribution is -2.43. The number of piperidine rings is 1. The molecule has 3 rings (SSSR count). The zero-order chi connectivity index (χ0) is 15.9. The molecule has 1 aliphatic rings. The van der Waals surface area contributed by atoms with Crippen LogP contribution in [0.15, 0.2) is 24.3 Å². The molecule has 2 aromatic rings. The molecule has 22 heavy (non-hydrogen) atoms. The number of aromatic nitrogens is 1. The van der Waals surface area contributed by atoms with Crippen molar-refractivity contribution < 1.29 is 4.79 Å². The predicted molar refractivity (Wildman–Crippen MR) is 91.3 cm³/mol. The summed E-state index contributed by atoms with van der Waals surface area (Å²) in [7, 11) is 0. The van der Waals surface area contributed by atoms with Gasteiger partial charge in [-0.25, -0.2) is 0 Å². The van der Waals surface area contributed by atoms with Crippen LogP contribution >= 0.6 is 11.6 Å². The first-order valence-electron chi connectivity index (χ1n) is 7.92. The molecule has 0 aliphatic carbocycles. The van der Waals surface area contributed by atoms with E-state index in [4.69, 9.17) is 11.6 Å². The zero-order valence-electron chi connectivity index (χ0n) is 13.4. The number of fused-ring (bicyclic) bond motifs is 1. The van der Waals surface area contributed by atoms with Gasteiger partial charge in [0.25, 0.3) is 0 Å². The number of aromatic amines is 1. The van der Waals surface area contributed by atoms with Crippen molar-refractivity contribution in [1.29, 1.82) is 0 Å². The van der Waals surface area contributed by atoms with Crippen LogP contribution in [0, 0.1) is 5.41 Å². The van der Waals surface area contributed by atoms with Gasteiger partial charge in [-0.3, -0.25) is 4.79 Å². The molecule has 1 N–H and O–H groups in total. The van der Waals surface area contributed by atoms with Crippen LogP contribution in [0.1, 0.15) is 45.2 Å². The van der Waals surface area contributed by atoms with E-state index in [-0.39, 0.29) is 11.3 Å². The van der Waals surface area contributed by atoms with E-state index in [1.807, 2.05) is 43.9 Å². The summed E-state index contributed by atoms with van der Waals surface area (Å²) in [6.07, 6.45) is 2.03. The molecule has 3 nitrogen and oxygen atoms in total. The quantitative estimate of drug-likeness (QED) is 0.821. The Hall–Kier alpha value is -1.48. The molecular weight excluding hydrogens is 296 g/mol. The molecule has 0 spiro atoms. The third-order valence-corrected chi connectivity index (χ3v) is 4.70. The van der Waals surface area contributed by atoms with E-state index < -0.39 is 0 Å². The molecular formula is C18H23ClN2O. The van der Waals surface area contributed by atoms with E-state index in [9.17, 15) is 4.79 Å². The maximum atomic E-state index is 12.3. The van der Waals surface area contributed by atoms with Gasteiger partial charge in [0.2, 0.25) is 5.91 Å². The van der Waals surface area contributed by atoms with E-state index in [1.54, 1.807) is 0 Å². The number of carbonyl (C=O) groups is 1. The molecule has 4 heteroatoms. The van der Waals surface area contributed by atoms with Crippen LogP contribution in [0.5, 0.6) is 0 Å². The summed E-state index contributed by atoms with van der Waals surface area (Å²) in [5, 5.41) is 1.93. The fourth-order valence-electron chi connectivity index (χ4n) is 3.21. The van der Waals surface area contributed by atoms with Gasteiger partial charge in [0, 0.05) is 46.0 Å². The number of hydrogen-bond acceptors (Lipinski definition) is 1. The van der Waals surface area contributed by atoms with Gasteiger partial charge in [0.1, 0.15) is 0 Å². The number of halogens is 1. The van der Waals surface area contributed by atoms with Gasteiger partial charge < -0.3 is 9.88 Å². The Morgan fingerprint density at radius 2 is 1.91 bits per heavy atom. The zero-order valence-corrected chi connectivity index (χ0v) is 14.2. The van der Waals surface area contributed by atoms with Crippen LogP contribution in [-0.2, 0) is 4.79 Å². The highest BCUT2D eigenvalue weighted by atomic mass is 35.5. The summed E-state index contributed by atoms with van der Waals surface area (Å²) in [5.74, 6) is 0.754. The first-order chi connectivity index (χ1) is 10.3. The molecule has 1 amide bonds. The first kappa shape index (κ1) is 15.4. The van der Waals surface area contributed by atoms with Crippen LogP contribution in [-0.4, -0.2) is 28.9 Å². The lowest BCUT2D eigenvalue weighted by Gasteiger charge is -2.35. The van der Waals surface area contributed by atoms with Crippen molar-refractivity contribution in [1.82, 2.24) is 9.88 Å². The van der Waals surface area contributed by atoms with Gasteiger partial charge in [0.15, 0.2) is 0 Å². The fraction of sp³-hybridized carbons (Fsp3) is 0.500. The fourth-order valence-corrected chi connectivity index (χ4v) is 3.39. The van der Waals surface area contributed by atoms with Gasteiger partial charge in [-0.05, 0) is 37.1 Å². The lowest BCUT2D eigenvalue weighted by molar-refractivity contribution is -0.140. The smallest absolute Gasteiger partial charge is 0.227 e. The Bertz CT molecular complexity index is 691. The predicted octanol–water partition coefficient (Wildman–Crippen LogP) is 4.57. The van der Waals surface area contributed by atoms with Crippen molar-refractivity contribution >= 4 is 28.4 Å². The molecule has 2 heterocycles. The van der Waals surface area contributed by atoms with Gasteiger partial charge >= 0.3 is 0 Å². The van der Waals surface area contributed by atoms with Crippen molar-refractivity contribution in [2.24, 2.45) is 5.41 Å². The molecule has 1 aliphatic heterocycles. The third-order valence-electron chi connectivity index (χ3n) is 4.47. The molecule has 1 aromatic heterocycles.